The van der Waals surface area contributed by atoms with Crippen molar-refractivity contribution in [2.45, 2.75) is 6.92 Å². The summed E-state index contributed by atoms with van der Waals surface area (Å²) < 4.78 is 0. The second-order valence-electron chi connectivity index (χ2n) is 1.96. The van der Waals surface area contributed by atoms with E-state index >= 15 is 0 Å². The van der Waals surface area contributed by atoms with Gasteiger partial charge in [-0.3, -0.25) is 0 Å². The lowest BCUT2D eigenvalue weighted by Crippen LogP contribution is -1.96. The molecule has 4 nitrogen and oxygen atoms in total. The van der Waals surface area contributed by atoms with E-state index in [1.165, 1.54) is 0 Å². The third kappa shape index (κ3) is 2.76. The van der Waals surface area contributed by atoms with Crippen LogP contribution < -0.4 is 0 Å². The Morgan fingerprint density at radius 1 is 1.14 bits per heavy atom. The zero-order valence-electron chi connectivity index (χ0n) is 7.40. The molecule has 0 aromatic carbocycles. The molecule has 0 bridgehead atoms. The van der Waals surface area contributed by atoms with E-state index in [4.69, 9.17) is 21.0 Å². The summed E-state index contributed by atoms with van der Waals surface area (Å²) >= 11 is 1.14. The van der Waals surface area contributed by atoms with Crippen molar-refractivity contribution in [2.75, 3.05) is 5.75 Å². The van der Waals surface area contributed by atoms with Gasteiger partial charge in [0, 0.05) is 0 Å². The van der Waals surface area contributed by atoms with Gasteiger partial charge in [-0.15, -0.1) is 0 Å². The largest absolute Gasteiger partial charge is 0.281 e. The Morgan fingerprint density at radius 2 is 1.64 bits per heavy atom. The molecule has 5 heteroatoms. The van der Waals surface area contributed by atoms with Gasteiger partial charge in [0.05, 0.1) is 0 Å². The second-order valence-corrected chi connectivity index (χ2v) is 3.23. The van der Waals surface area contributed by atoms with Crippen LogP contribution in [0.3, 0.4) is 0 Å². The van der Waals surface area contributed by atoms with Crippen LogP contribution in [-0.2, 0) is 0 Å². The van der Waals surface area contributed by atoms with E-state index in [2.05, 4.69) is 0 Å². The summed E-state index contributed by atoms with van der Waals surface area (Å²) in [5.74, 6) is 0.407. The number of nitriles is 4. The minimum absolute atomic E-state index is 0.169. The average Bonchev–Trinajstić information content (AvgIpc) is 2.21. The molecule has 0 aliphatic heterocycles. The zero-order chi connectivity index (χ0) is 11.0. The Balaban J connectivity index is 5.30. The molecule has 14 heavy (non-hydrogen) atoms. The molecule has 0 heterocycles. The molecule has 0 atom stereocenters. The molecule has 0 spiro atoms. The first-order chi connectivity index (χ1) is 6.74. The third-order valence-electron chi connectivity index (χ3n) is 1.19. The van der Waals surface area contributed by atoms with Crippen molar-refractivity contribution in [1.29, 1.82) is 21.0 Å². The van der Waals surface area contributed by atoms with Crippen LogP contribution in [0.2, 0.25) is 0 Å². The van der Waals surface area contributed by atoms with Gasteiger partial charge in [-0.25, -0.2) is 0 Å². The Bertz CT molecular complexity index is 366. The van der Waals surface area contributed by atoms with Crippen LogP contribution in [0.25, 0.3) is 0 Å². The number of rotatable bonds is 3. The van der Waals surface area contributed by atoms with Gasteiger partial charge < -0.3 is 0 Å². The monoisotopic (exact) mass is 201 g/mol. The van der Waals surface area contributed by atoms with Crippen LogP contribution in [0.15, 0.2) is 10.5 Å². The molecular formula is C9H5N4S+. The summed E-state index contributed by atoms with van der Waals surface area (Å²) in [5, 5.41) is 34.3. The van der Waals surface area contributed by atoms with E-state index < -0.39 is 0 Å². The molecule has 0 aromatic rings. The molecule has 0 aliphatic rings. The van der Waals surface area contributed by atoms with Crippen LogP contribution in [0, 0.1) is 51.2 Å². The zero-order valence-corrected chi connectivity index (χ0v) is 8.22. The van der Waals surface area contributed by atoms with E-state index in [9.17, 15) is 0 Å². The summed E-state index contributed by atoms with van der Waals surface area (Å²) in [5.41, 5.74) is -0.185. The molecule has 0 saturated carbocycles. The van der Waals surface area contributed by atoms with Crippen molar-refractivity contribution in [1.82, 2.24) is 0 Å². The molecule has 0 rings (SSSR count). The maximum atomic E-state index is 8.59. The molecule has 66 valence electrons. The molecule has 0 aromatic heterocycles. The maximum Gasteiger partial charge on any atom is 0.281 e. The van der Waals surface area contributed by atoms with Gasteiger partial charge in [-0.1, -0.05) is 18.7 Å². The van der Waals surface area contributed by atoms with Gasteiger partial charge in [-0.05, 0) is 5.75 Å². The molecule has 0 radical (unpaired) electrons. The maximum absolute atomic E-state index is 8.59. The predicted molar refractivity (Wildman–Crippen MR) is 50.9 cm³/mol. The Hall–Kier alpha value is -2.08. The molecule has 0 saturated heterocycles. The minimum Gasteiger partial charge on any atom is -0.167 e. The number of hydrogen-bond acceptors (Lipinski definition) is 5. The molecule has 0 amide bonds. The fraction of sp³-hybridized carbons (Fsp3) is 0.222. The van der Waals surface area contributed by atoms with Gasteiger partial charge in [0.1, 0.15) is 0 Å². The van der Waals surface area contributed by atoms with Crippen LogP contribution >= 0.6 is 11.8 Å². The van der Waals surface area contributed by atoms with Crippen LogP contribution in [0.4, 0.5) is 0 Å². The summed E-state index contributed by atoms with van der Waals surface area (Å²) in [6.07, 6.45) is 0. The van der Waals surface area contributed by atoms with Crippen molar-refractivity contribution < 1.29 is 0 Å². The van der Waals surface area contributed by atoms with E-state index in [0.717, 1.165) is 11.8 Å². The quantitative estimate of drug-likeness (QED) is 0.511. The Labute approximate surface area is 86.7 Å². The fourth-order valence-corrected chi connectivity index (χ4v) is 1.43. The molecule has 0 N–H and O–H groups in total. The van der Waals surface area contributed by atoms with Crippen LogP contribution in [0.5, 0.6) is 0 Å². The normalized spacial score (nSPS) is 7.21. The lowest BCUT2D eigenvalue weighted by atomic mass is 10.1. The van der Waals surface area contributed by atoms with Gasteiger partial charge in [0.25, 0.3) is 11.5 Å². The van der Waals surface area contributed by atoms with E-state index in [1.807, 2.05) is 6.92 Å². The van der Waals surface area contributed by atoms with Crippen molar-refractivity contribution in [3.63, 3.8) is 0 Å². The van der Waals surface area contributed by atoms with E-state index in [1.54, 1.807) is 24.3 Å². The number of nitrogens with zero attached hydrogens (tertiary/aromatic N) is 4. The molecule has 0 unspecified atom stereocenters. The van der Waals surface area contributed by atoms with Gasteiger partial charge in [0.15, 0.2) is 0 Å². The highest BCUT2D eigenvalue weighted by molar-refractivity contribution is 8.03. The van der Waals surface area contributed by atoms with Gasteiger partial charge in [-0.2, -0.15) is 21.0 Å². The van der Waals surface area contributed by atoms with Crippen molar-refractivity contribution in [3.05, 3.63) is 16.4 Å². The summed E-state index contributed by atoms with van der Waals surface area (Å²) in [4.78, 5) is 0.169. The summed E-state index contributed by atoms with van der Waals surface area (Å²) in [6.45, 7) is 1.81. The Kier molecular flexibility index (Phi) is 5.48. The van der Waals surface area contributed by atoms with Crippen LogP contribution in [0.1, 0.15) is 6.92 Å². The summed E-state index contributed by atoms with van der Waals surface area (Å²) in [6, 6.07) is 6.64. The first-order valence-corrected chi connectivity index (χ1v) is 4.58. The first kappa shape index (κ1) is 11.9. The average molecular weight is 201 g/mol. The first-order valence-electron chi connectivity index (χ1n) is 3.59. The van der Waals surface area contributed by atoms with Crippen molar-refractivity contribution in [3.8, 4) is 24.3 Å². The highest BCUT2D eigenvalue weighted by Crippen LogP contribution is 2.28. The predicted octanol–water partition coefficient (Wildman–Crippen LogP) is 1.66. The lowest BCUT2D eigenvalue weighted by Gasteiger charge is -1.92. The highest BCUT2D eigenvalue weighted by Gasteiger charge is 2.30. The fourth-order valence-electron chi connectivity index (χ4n) is 0.667. The molecule has 0 fully saturated rings. The molecular weight excluding hydrogens is 196 g/mol. The second kappa shape index (κ2) is 6.44. The number of thioether (sulfide) groups is 1. The lowest BCUT2D eigenvalue weighted by molar-refractivity contribution is 1.35. The standard InChI is InChI=1S/C9H5N4S/c1-2-14-9(7(3-10)4-11)8(5-12)6-13/h2H2,1H3/q+1. The van der Waals surface area contributed by atoms with Crippen molar-refractivity contribution in [2.24, 2.45) is 0 Å². The minimum atomic E-state index is -0.185. The smallest absolute Gasteiger partial charge is 0.167 e. The van der Waals surface area contributed by atoms with Crippen molar-refractivity contribution >= 4 is 11.8 Å². The number of allylic oxidation sites excluding steroid dienone is 2. The third-order valence-corrected chi connectivity index (χ3v) is 2.18. The topological polar surface area (TPSA) is 95.2 Å². The van der Waals surface area contributed by atoms with Gasteiger partial charge in [0.2, 0.25) is 29.2 Å². The van der Waals surface area contributed by atoms with Gasteiger partial charge >= 0.3 is 0 Å². The Morgan fingerprint density at radius 3 is 1.93 bits per heavy atom. The number of hydrogen-bond donors (Lipinski definition) is 0. The summed E-state index contributed by atoms with van der Waals surface area (Å²) in [7, 11) is 0. The van der Waals surface area contributed by atoms with Crippen LogP contribution in [-0.4, -0.2) is 5.75 Å². The van der Waals surface area contributed by atoms with E-state index in [-0.39, 0.29) is 16.4 Å². The SMILES string of the molecule is CCSC(=C(C#N)C#N)[C+](C#N)C#N. The highest BCUT2D eigenvalue weighted by atomic mass is 32.2. The molecule has 0 aliphatic carbocycles. The van der Waals surface area contributed by atoms with E-state index in [0.29, 0.717) is 5.75 Å².